The van der Waals surface area contributed by atoms with Crippen molar-refractivity contribution in [1.82, 2.24) is 14.8 Å². The molecule has 3 aromatic rings. The highest BCUT2D eigenvalue weighted by molar-refractivity contribution is 7.98. The number of aryl methyl sites for hydroxylation is 1. The summed E-state index contributed by atoms with van der Waals surface area (Å²) in [6.07, 6.45) is 0. The molecule has 3 rings (SSSR count). The van der Waals surface area contributed by atoms with E-state index in [0.717, 1.165) is 27.3 Å². The Labute approximate surface area is 143 Å². The minimum atomic E-state index is 0.785. The molecule has 0 bridgehead atoms. The molecule has 2 heterocycles. The van der Waals surface area contributed by atoms with Gasteiger partial charge in [-0.25, -0.2) is 0 Å². The van der Waals surface area contributed by atoms with Gasteiger partial charge < -0.3 is 4.57 Å². The van der Waals surface area contributed by atoms with E-state index in [4.69, 9.17) is 11.6 Å². The van der Waals surface area contributed by atoms with Crippen LogP contribution in [0.15, 0.2) is 34.8 Å². The SMILES string of the molecule is Cc1scc(-c2nnc(SCc3ccccc3Cl)n2C)c1C. The Morgan fingerprint density at radius 3 is 2.68 bits per heavy atom. The third kappa shape index (κ3) is 2.93. The molecule has 0 atom stereocenters. The molecule has 0 unspecified atom stereocenters. The van der Waals surface area contributed by atoms with Gasteiger partial charge in [0, 0.05) is 33.6 Å². The maximum absolute atomic E-state index is 6.20. The maximum atomic E-state index is 6.20. The summed E-state index contributed by atoms with van der Waals surface area (Å²) in [5, 5.41) is 12.5. The monoisotopic (exact) mass is 349 g/mol. The second kappa shape index (κ2) is 6.44. The fourth-order valence-corrected chi connectivity index (χ4v) is 4.23. The zero-order valence-electron chi connectivity index (χ0n) is 12.6. The first-order valence-electron chi connectivity index (χ1n) is 6.88. The van der Waals surface area contributed by atoms with Gasteiger partial charge >= 0.3 is 0 Å². The Morgan fingerprint density at radius 2 is 2.00 bits per heavy atom. The van der Waals surface area contributed by atoms with Gasteiger partial charge in [0.25, 0.3) is 0 Å². The zero-order chi connectivity index (χ0) is 15.7. The van der Waals surface area contributed by atoms with Crippen LogP contribution in [-0.2, 0) is 12.8 Å². The van der Waals surface area contributed by atoms with E-state index in [0.29, 0.717) is 0 Å². The van der Waals surface area contributed by atoms with Crippen LogP contribution in [-0.4, -0.2) is 14.8 Å². The van der Waals surface area contributed by atoms with Gasteiger partial charge in [-0.1, -0.05) is 41.6 Å². The fraction of sp³-hybridized carbons (Fsp3) is 0.250. The molecule has 0 aliphatic carbocycles. The van der Waals surface area contributed by atoms with Crippen molar-refractivity contribution in [1.29, 1.82) is 0 Å². The minimum absolute atomic E-state index is 0.785. The smallest absolute Gasteiger partial charge is 0.191 e. The molecule has 114 valence electrons. The molecular formula is C16H16ClN3S2. The van der Waals surface area contributed by atoms with Crippen LogP contribution in [0, 0.1) is 13.8 Å². The molecule has 0 amide bonds. The fourth-order valence-electron chi connectivity index (χ4n) is 2.17. The second-order valence-corrected chi connectivity index (χ2v) is 7.51. The third-order valence-corrected chi connectivity index (χ3v) is 6.13. The number of benzene rings is 1. The van der Waals surface area contributed by atoms with Gasteiger partial charge in [0.1, 0.15) is 0 Å². The maximum Gasteiger partial charge on any atom is 0.191 e. The highest BCUT2D eigenvalue weighted by Gasteiger charge is 2.15. The first kappa shape index (κ1) is 15.6. The van der Waals surface area contributed by atoms with E-state index in [1.807, 2.05) is 31.3 Å². The molecule has 3 nitrogen and oxygen atoms in total. The molecule has 0 saturated heterocycles. The molecule has 2 aromatic heterocycles. The number of aromatic nitrogens is 3. The third-order valence-electron chi connectivity index (χ3n) is 3.68. The molecule has 0 saturated carbocycles. The van der Waals surface area contributed by atoms with E-state index in [9.17, 15) is 0 Å². The molecule has 0 N–H and O–H groups in total. The number of thiophene rings is 1. The molecule has 0 aliphatic rings. The average molecular weight is 350 g/mol. The molecule has 1 aromatic carbocycles. The molecule has 0 fully saturated rings. The zero-order valence-corrected chi connectivity index (χ0v) is 15.0. The van der Waals surface area contributed by atoms with Crippen molar-refractivity contribution in [2.75, 3.05) is 0 Å². The highest BCUT2D eigenvalue weighted by atomic mass is 35.5. The van der Waals surface area contributed by atoms with Crippen molar-refractivity contribution < 1.29 is 0 Å². The normalized spacial score (nSPS) is 11.1. The quantitative estimate of drug-likeness (QED) is 0.613. The lowest BCUT2D eigenvalue weighted by Gasteiger charge is -2.05. The Morgan fingerprint density at radius 1 is 1.23 bits per heavy atom. The van der Waals surface area contributed by atoms with Crippen LogP contribution in [0.3, 0.4) is 0 Å². The van der Waals surface area contributed by atoms with E-state index >= 15 is 0 Å². The number of hydrogen-bond donors (Lipinski definition) is 0. The van der Waals surface area contributed by atoms with E-state index in [1.54, 1.807) is 23.1 Å². The summed E-state index contributed by atoms with van der Waals surface area (Å²) >= 11 is 9.60. The number of hydrogen-bond acceptors (Lipinski definition) is 4. The lowest BCUT2D eigenvalue weighted by molar-refractivity contribution is 0.793. The lowest BCUT2D eigenvalue weighted by atomic mass is 10.2. The summed E-state index contributed by atoms with van der Waals surface area (Å²) in [4.78, 5) is 1.32. The highest BCUT2D eigenvalue weighted by Crippen LogP contribution is 2.32. The Hall–Kier alpha value is -1.30. The van der Waals surface area contributed by atoms with Crippen molar-refractivity contribution in [3.05, 3.63) is 50.7 Å². The summed E-state index contributed by atoms with van der Waals surface area (Å²) < 4.78 is 2.05. The van der Waals surface area contributed by atoms with Crippen molar-refractivity contribution >= 4 is 34.7 Å². The predicted octanol–water partition coefficient (Wildman–Crippen LogP) is 5.11. The van der Waals surface area contributed by atoms with Gasteiger partial charge in [0.2, 0.25) is 0 Å². The van der Waals surface area contributed by atoms with Crippen LogP contribution < -0.4 is 0 Å². The topological polar surface area (TPSA) is 30.7 Å². The average Bonchev–Trinajstić information content (AvgIpc) is 3.02. The van der Waals surface area contributed by atoms with Crippen LogP contribution in [0.25, 0.3) is 11.4 Å². The van der Waals surface area contributed by atoms with E-state index in [-0.39, 0.29) is 0 Å². The predicted molar refractivity (Wildman–Crippen MR) is 94.8 cm³/mol. The van der Waals surface area contributed by atoms with Gasteiger partial charge in [0.05, 0.1) is 0 Å². The number of rotatable bonds is 4. The Bertz CT molecular complexity index is 808. The summed E-state index contributed by atoms with van der Waals surface area (Å²) in [5.41, 5.74) is 3.56. The van der Waals surface area contributed by atoms with Crippen LogP contribution in [0.4, 0.5) is 0 Å². The molecule has 22 heavy (non-hydrogen) atoms. The molecule has 0 aliphatic heterocycles. The summed E-state index contributed by atoms with van der Waals surface area (Å²) in [6, 6.07) is 7.90. The van der Waals surface area contributed by atoms with Gasteiger partial charge in [-0.15, -0.1) is 21.5 Å². The van der Waals surface area contributed by atoms with Crippen LogP contribution in [0.1, 0.15) is 16.0 Å². The van der Waals surface area contributed by atoms with Gasteiger partial charge in [-0.3, -0.25) is 0 Å². The number of thioether (sulfide) groups is 1. The summed E-state index contributed by atoms with van der Waals surface area (Å²) in [5.74, 6) is 1.70. The lowest BCUT2D eigenvalue weighted by Crippen LogP contribution is -1.95. The van der Waals surface area contributed by atoms with Crippen LogP contribution in [0.5, 0.6) is 0 Å². The van der Waals surface area contributed by atoms with E-state index < -0.39 is 0 Å². The number of nitrogens with zero attached hydrogens (tertiary/aromatic N) is 3. The molecule has 0 radical (unpaired) electrons. The van der Waals surface area contributed by atoms with Crippen LogP contribution in [0.2, 0.25) is 5.02 Å². The first-order chi connectivity index (χ1) is 10.6. The molecule has 6 heteroatoms. The first-order valence-corrected chi connectivity index (χ1v) is 9.13. The Balaban J connectivity index is 1.82. The molecular weight excluding hydrogens is 334 g/mol. The van der Waals surface area contributed by atoms with E-state index in [1.165, 1.54) is 16.0 Å². The van der Waals surface area contributed by atoms with E-state index in [2.05, 4.69) is 34.0 Å². The van der Waals surface area contributed by atoms with Gasteiger partial charge in [-0.05, 0) is 31.0 Å². The van der Waals surface area contributed by atoms with Crippen molar-refractivity contribution in [2.45, 2.75) is 24.8 Å². The van der Waals surface area contributed by atoms with Crippen molar-refractivity contribution in [3.8, 4) is 11.4 Å². The minimum Gasteiger partial charge on any atom is -0.305 e. The largest absolute Gasteiger partial charge is 0.305 e. The summed E-state index contributed by atoms with van der Waals surface area (Å²) in [7, 11) is 2.01. The van der Waals surface area contributed by atoms with Crippen molar-refractivity contribution in [3.63, 3.8) is 0 Å². The van der Waals surface area contributed by atoms with Crippen molar-refractivity contribution in [2.24, 2.45) is 7.05 Å². The number of halogens is 1. The molecule has 0 spiro atoms. The second-order valence-electron chi connectivity index (χ2n) is 5.08. The van der Waals surface area contributed by atoms with Gasteiger partial charge in [-0.2, -0.15) is 0 Å². The standard InChI is InChI=1S/C16H16ClN3S2/c1-10-11(2)21-9-13(10)15-18-19-16(20(15)3)22-8-12-6-4-5-7-14(12)17/h4-7,9H,8H2,1-3H3. The summed E-state index contributed by atoms with van der Waals surface area (Å²) in [6.45, 7) is 4.26. The Kier molecular flexibility index (Phi) is 4.57. The van der Waals surface area contributed by atoms with Gasteiger partial charge in [0.15, 0.2) is 11.0 Å². The van der Waals surface area contributed by atoms with Crippen LogP contribution >= 0.6 is 34.7 Å².